The number of rotatable bonds is 14. The highest BCUT2D eigenvalue weighted by Gasteiger charge is 2.59. The van der Waals surface area contributed by atoms with Crippen LogP contribution in [-0.4, -0.2) is 329 Å². The average molecular weight is 1150 g/mol. The normalized spacial score (nSPS) is 49.4. The fourth-order valence-corrected chi connectivity index (χ4v) is 10.1. The van der Waals surface area contributed by atoms with Crippen molar-refractivity contribution in [3.05, 3.63) is 0 Å². The quantitative estimate of drug-likeness (QED) is 0.0567. The van der Waals surface area contributed by atoms with Crippen molar-refractivity contribution in [1.82, 2.24) is 0 Å². The maximum atomic E-state index is 12.3. The van der Waals surface area contributed by atoms with Crippen LogP contribution < -0.4 is 0 Å². The molecule has 0 saturated carbocycles. The molecular weight excluding hydrogens is 1070 g/mol. The van der Waals surface area contributed by atoms with Crippen molar-refractivity contribution >= 4 is 5.97 Å². The van der Waals surface area contributed by atoms with Gasteiger partial charge in [-0.1, -0.05) is 20.8 Å². The maximum Gasteiger partial charge on any atom is 0.307 e. The van der Waals surface area contributed by atoms with Crippen molar-refractivity contribution in [2.75, 3.05) is 39.6 Å². The molecule has 0 aromatic carbocycles. The summed E-state index contributed by atoms with van der Waals surface area (Å²) < 4.78 is 87.4. The van der Waals surface area contributed by atoms with Gasteiger partial charge in [-0.15, -0.1) is 0 Å². The topological polar surface area (TPSA) is 499 Å². The van der Waals surface area contributed by atoms with Crippen molar-refractivity contribution < 1.29 is 163 Å². The van der Waals surface area contributed by atoms with Crippen LogP contribution >= 0.6 is 0 Å². The largest absolute Gasteiger partial charge is 0.436 e. The zero-order chi connectivity index (χ0) is 57.0. The summed E-state index contributed by atoms with van der Waals surface area (Å²) in [5.41, 5.74) is 0. The first kappa shape index (κ1) is 63.8. The summed E-state index contributed by atoms with van der Waals surface area (Å²) in [6.07, 6.45) is -61.7. The second-order valence-corrected chi connectivity index (χ2v) is 19.6. The van der Waals surface area contributed by atoms with Crippen LogP contribution in [0.5, 0.6) is 0 Å². The second kappa shape index (κ2) is 28.2. The summed E-state index contributed by atoms with van der Waals surface area (Å²) in [7, 11) is 0. The molecule has 22 rings (SSSR count). The highest BCUT2D eigenvalue weighted by Crippen LogP contribution is 2.39. The van der Waals surface area contributed by atoms with E-state index in [4.69, 9.17) is 71.1 Å². The Kier molecular flexibility index (Phi) is 23.1. The molecule has 17 N–H and O–H groups in total. The van der Waals surface area contributed by atoms with E-state index in [9.17, 15) is 91.6 Å². The molecule has 0 spiro atoms. The Morgan fingerprint density at radius 3 is 0.833 bits per heavy atom. The van der Waals surface area contributed by atoms with E-state index in [-0.39, 0.29) is 19.3 Å². The van der Waals surface area contributed by atoms with E-state index in [2.05, 4.69) is 0 Å². The van der Waals surface area contributed by atoms with Gasteiger partial charge >= 0.3 is 5.97 Å². The average Bonchev–Trinajstić information content (AvgIpc) is 3.48. The minimum absolute atomic E-state index is 0.0253. The van der Waals surface area contributed by atoms with E-state index >= 15 is 0 Å². The summed E-state index contributed by atoms with van der Waals surface area (Å²) in [4.78, 5) is 12.3. The Balaban J connectivity index is 1.24. The maximum absolute atomic E-state index is 12.3. The minimum atomic E-state index is -2.20. The molecule has 22 aliphatic rings. The van der Waals surface area contributed by atoms with E-state index in [0.717, 1.165) is 0 Å². The number of aliphatic hydroxyl groups is 17. The Bertz CT molecular complexity index is 1820. The molecule has 2 unspecified atom stereocenters. The summed E-state index contributed by atoms with van der Waals surface area (Å²) >= 11 is 0. The standard InChI is InChI=1S/C45H76O33/c1-4-19(52)70-20(5-2)71-21(6-3)72-39-32(63)45-69-18(12-51)38(39)78-44-31(62)26(57)36(16(10-49)68-44)76-42-29(60)24(55)34(14(8-47)66-42)74-40-27(58)22(53)33(13(7-46)64-40)73-41-28(59)23(54)35(15(9-48)65-41)75-43-30(61)25(56)37(77-45)17(11-50)67-43/h13-18,20-51,53-63H,4-12H2,1-3H3/t13-,14-,15-,16-,17-,18-,20?,21?,22-,23-,24-,25-,26-,27-,28-,29-,30-,31-,32-,33-,34-,35-,36-,37-,38+,39-,40-,41-,42-,43-,44-,45-/m1/s1. The van der Waals surface area contributed by atoms with Crippen LogP contribution in [0, 0.1) is 0 Å². The van der Waals surface area contributed by atoms with Gasteiger partial charge in [-0.05, 0) is 6.42 Å². The van der Waals surface area contributed by atoms with E-state index in [0.29, 0.717) is 0 Å². The number of carbonyl (C=O) groups is 1. The fraction of sp³-hybridized carbons (Fsp3) is 0.978. The van der Waals surface area contributed by atoms with Gasteiger partial charge in [0.2, 0.25) is 6.29 Å². The van der Waals surface area contributed by atoms with Gasteiger partial charge in [-0.25, -0.2) is 0 Å². The van der Waals surface area contributed by atoms with Crippen molar-refractivity contribution in [2.45, 2.75) is 237 Å². The Hall–Kier alpha value is -1.77. The molecule has 0 aliphatic carbocycles. The summed E-state index contributed by atoms with van der Waals surface area (Å²) in [5, 5.41) is 189. The van der Waals surface area contributed by atoms with Crippen LogP contribution in [0.4, 0.5) is 0 Å². The second-order valence-electron chi connectivity index (χ2n) is 19.6. The van der Waals surface area contributed by atoms with E-state index in [1.807, 2.05) is 0 Å². The number of carbonyl (C=O) groups excluding carboxylic acids is 1. The van der Waals surface area contributed by atoms with E-state index < -0.39 is 242 Å². The van der Waals surface area contributed by atoms with E-state index in [1.165, 1.54) is 0 Å². The fourth-order valence-electron chi connectivity index (χ4n) is 10.1. The number of ether oxygens (including phenoxy) is 15. The van der Waals surface area contributed by atoms with Crippen molar-refractivity contribution in [3.63, 3.8) is 0 Å². The zero-order valence-electron chi connectivity index (χ0n) is 42.5. The Morgan fingerprint density at radius 1 is 0.346 bits per heavy atom. The molecule has 78 heavy (non-hydrogen) atoms. The Labute approximate surface area is 444 Å². The highest BCUT2D eigenvalue weighted by molar-refractivity contribution is 5.68. The lowest BCUT2D eigenvalue weighted by Crippen LogP contribution is -2.69. The molecule has 33 nitrogen and oxygen atoms in total. The zero-order valence-corrected chi connectivity index (χ0v) is 42.5. The van der Waals surface area contributed by atoms with Crippen LogP contribution in [0.25, 0.3) is 0 Å². The lowest BCUT2D eigenvalue weighted by Gasteiger charge is -2.51. The smallest absolute Gasteiger partial charge is 0.307 e. The summed E-state index contributed by atoms with van der Waals surface area (Å²) in [5.74, 6) is -0.640. The number of aliphatic hydroxyl groups excluding tert-OH is 17. The summed E-state index contributed by atoms with van der Waals surface area (Å²) in [6.45, 7) is -1.39. The molecule has 32 atom stereocenters. The number of hydrogen-bond donors (Lipinski definition) is 17. The molecule has 454 valence electrons. The van der Waals surface area contributed by atoms with Gasteiger partial charge in [0, 0.05) is 12.8 Å². The van der Waals surface area contributed by atoms with Crippen LogP contribution in [0.3, 0.4) is 0 Å². The first-order valence-electron chi connectivity index (χ1n) is 25.7. The lowest BCUT2D eigenvalue weighted by molar-refractivity contribution is -0.408. The molecule has 22 fully saturated rings. The molecule has 12 bridgehead atoms. The SMILES string of the molecule is CCC(=O)OC(CC)OC(CC)O[C@@H]1[C@@H](O)[C@H]2O[C@H]3[C@H](O)[C@@H](O)[C@@H](O[C@H]4[C@H](O)[C@@H](O)[C@@H](O[C@H]5[C@H](O)[C@@H](O)[C@@H](O[C@H]6[C@H](O)[C@@H](O)[C@@H](O[C@H]7[C@H](O)[C@@H](O)[C@@H](O[C@H]1[C@@H](CO)O2)O[C@@H]7CO)O[C@@H]6CO)O[C@@H]5CO)O[C@@H]4CO)O[C@@H]3CO. The van der Waals surface area contributed by atoms with Crippen molar-refractivity contribution in [2.24, 2.45) is 0 Å². The molecule has 0 amide bonds. The third-order valence-corrected chi connectivity index (χ3v) is 14.5. The van der Waals surface area contributed by atoms with Gasteiger partial charge in [0.15, 0.2) is 44.0 Å². The third-order valence-electron chi connectivity index (χ3n) is 14.5. The molecule has 0 aromatic heterocycles. The monoisotopic (exact) mass is 1140 g/mol. The van der Waals surface area contributed by atoms with E-state index in [1.54, 1.807) is 20.8 Å². The van der Waals surface area contributed by atoms with Crippen molar-refractivity contribution in [1.29, 1.82) is 0 Å². The summed E-state index contributed by atoms with van der Waals surface area (Å²) in [6, 6.07) is 0. The molecular formula is C45H76O33. The number of hydrogen-bond acceptors (Lipinski definition) is 33. The van der Waals surface area contributed by atoms with Gasteiger partial charge < -0.3 is 158 Å². The predicted octanol–water partition coefficient (Wildman–Crippen LogP) is -10.6. The third kappa shape index (κ3) is 13.4. The van der Waals surface area contributed by atoms with Gasteiger partial charge in [0.1, 0.15) is 146 Å². The Morgan fingerprint density at radius 2 is 0.590 bits per heavy atom. The van der Waals surface area contributed by atoms with Gasteiger partial charge in [0.05, 0.1) is 39.6 Å². The number of esters is 1. The van der Waals surface area contributed by atoms with Crippen LogP contribution in [-0.2, 0) is 75.8 Å². The van der Waals surface area contributed by atoms with Crippen molar-refractivity contribution in [3.8, 4) is 0 Å². The molecule has 0 aromatic rings. The molecule has 22 aliphatic heterocycles. The minimum Gasteiger partial charge on any atom is -0.436 e. The lowest BCUT2D eigenvalue weighted by atomic mass is 9.94. The highest BCUT2D eigenvalue weighted by atomic mass is 16.8. The van der Waals surface area contributed by atoms with Gasteiger partial charge in [0.25, 0.3) is 0 Å². The van der Waals surface area contributed by atoms with Gasteiger partial charge in [-0.3, -0.25) is 4.79 Å². The first-order valence-corrected chi connectivity index (χ1v) is 25.7. The van der Waals surface area contributed by atoms with Crippen LogP contribution in [0.15, 0.2) is 0 Å². The first-order chi connectivity index (χ1) is 37.2. The molecule has 22 heterocycles. The molecule has 0 radical (unpaired) electrons. The molecule has 33 heteroatoms. The van der Waals surface area contributed by atoms with Crippen LogP contribution in [0.1, 0.15) is 40.0 Å². The predicted molar refractivity (Wildman–Crippen MR) is 240 cm³/mol. The van der Waals surface area contributed by atoms with Gasteiger partial charge in [-0.2, -0.15) is 0 Å². The molecule has 22 saturated heterocycles. The van der Waals surface area contributed by atoms with Crippen LogP contribution in [0.2, 0.25) is 0 Å².